The molecule has 4 nitrogen and oxygen atoms in total. The summed E-state index contributed by atoms with van der Waals surface area (Å²) < 4.78 is 10.8. The molecule has 0 saturated heterocycles. The summed E-state index contributed by atoms with van der Waals surface area (Å²) in [6.45, 7) is 1.53. The van der Waals surface area contributed by atoms with Gasteiger partial charge in [0.05, 0.1) is 14.2 Å². The minimum Gasteiger partial charge on any atom is -0.493 e. The van der Waals surface area contributed by atoms with E-state index in [0.29, 0.717) is 18.4 Å². The number of benzene rings is 1. The van der Waals surface area contributed by atoms with Crippen LogP contribution in [-0.4, -0.2) is 31.6 Å². The molecule has 1 heterocycles. The smallest absolute Gasteiger partial charge is 0.223 e. The molecule has 2 aliphatic carbocycles. The van der Waals surface area contributed by atoms with Gasteiger partial charge in [0.15, 0.2) is 11.5 Å². The number of ether oxygens (including phenoxy) is 2. The lowest BCUT2D eigenvalue weighted by molar-refractivity contribution is -0.133. The second-order valence-electron chi connectivity index (χ2n) is 7.68. The predicted molar refractivity (Wildman–Crippen MR) is 92.2 cm³/mol. The Morgan fingerprint density at radius 2 is 1.88 bits per heavy atom. The van der Waals surface area contributed by atoms with Gasteiger partial charge >= 0.3 is 0 Å². The summed E-state index contributed by atoms with van der Waals surface area (Å²) in [5.74, 6) is 4.24. The first kappa shape index (κ1) is 15.8. The molecule has 4 rings (SSSR count). The molecule has 3 atom stereocenters. The number of carbonyl (C=O) groups is 1. The molecular weight excluding hydrogens is 302 g/mol. The van der Waals surface area contributed by atoms with Gasteiger partial charge in [-0.25, -0.2) is 0 Å². The molecule has 2 bridgehead atoms. The molecule has 1 aromatic carbocycles. The molecule has 0 aromatic heterocycles. The maximum atomic E-state index is 12.8. The molecule has 0 radical (unpaired) electrons. The van der Waals surface area contributed by atoms with E-state index in [1.54, 1.807) is 14.2 Å². The normalized spacial score (nSPS) is 27.9. The average Bonchev–Trinajstić information content (AvgIpc) is 3.22. The van der Waals surface area contributed by atoms with Gasteiger partial charge < -0.3 is 14.4 Å². The van der Waals surface area contributed by atoms with Crippen molar-refractivity contribution in [1.82, 2.24) is 4.90 Å². The van der Waals surface area contributed by atoms with Gasteiger partial charge in [-0.1, -0.05) is 6.42 Å². The van der Waals surface area contributed by atoms with Crippen molar-refractivity contribution in [3.05, 3.63) is 23.3 Å². The van der Waals surface area contributed by atoms with Crippen molar-refractivity contribution in [1.29, 1.82) is 0 Å². The Morgan fingerprint density at radius 1 is 1.12 bits per heavy atom. The van der Waals surface area contributed by atoms with E-state index in [4.69, 9.17) is 9.47 Å². The van der Waals surface area contributed by atoms with Crippen molar-refractivity contribution in [2.24, 2.45) is 17.8 Å². The second kappa shape index (κ2) is 6.30. The molecule has 3 aliphatic rings. The van der Waals surface area contributed by atoms with Gasteiger partial charge in [0, 0.05) is 19.5 Å². The third kappa shape index (κ3) is 2.76. The molecule has 0 unspecified atom stereocenters. The summed E-state index contributed by atoms with van der Waals surface area (Å²) >= 11 is 0. The van der Waals surface area contributed by atoms with E-state index in [1.807, 2.05) is 11.0 Å². The zero-order valence-electron chi connectivity index (χ0n) is 14.7. The van der Waals surface area contributed by atoms with Gasteiger partial charge in [-0.05, 0) is 66.7 Å². The van der Waals surface area contributed by atoms with Crippen LogP contribution < -0.4 is 9.47 Å². The van der Waals surface area contributed by atoms with E-state index in [2.05, 4.69) is 6.07 Å². The van der Waals surface area contributed by atoms with Crippen molar-refractivity contribution in [3.8, 4) is 11.5 Å². The van der Waals surface area contributed by atoms with Crippen LogP contribution in [0.4, 0.5) is 0 Å². The maximum Gasteiger partial charge on any atom is 0.223 e. The van der Waals surface area contributed by atoms with Crippen LogP contribution in [0.5, 0.6) is 11.5 Å². The summed E-state index contributed by atoms with van der Waals surface area (Å²) in [5, 5.41) is 0. The summed E-state index contributed by atoms with van der Waals surface area (Å²) in [5.41, 5.74) is 2.47. The largest absolute Gasteiger partial charge is 0.493 e. The maximum absolute atomic E-state index is 12.8. The zero-order valence-corrected chi connectivity index (χ0v) is 14.7. The molecule has 1 aromatic rings. The molecule has 1 aliphatic heterocycles. The highest BCUT2D eigenvalue weighted by molar-refractivity contribution is 5.77. The lowest BCUT2D eigenvalue weighted by Crippen LogP contribution is -2.37. The minimum absolute atomic E-state index is 0.341. The molecule has 4 heteroatoms. The van der Waals surface area contributed by atoms with Crippen LogP contribution in [0.25, 0.3) is 0 Å². The van der Waals surface area contributed by atoms with E-state index in [9.17, 15) is 4.79 Å². The fourth-order valence-electron chi connectivity index (χ4n) is 5.08. The van der Waals surface area contributed by atoms with Crippen LogP contribution in [0.2, 0.25) is 0 Å². The van der Waals surface area contributed by atoms with Crippen molar-refractivity contribution < 1.29 is 14.3 Å². The molecule has 2 saturated carbocycles. The second-order valence-corrected chi connectivity index (χ2v) is 7.68. The van der Waals surface area contributed by atoms with Crippen LogP contribution in [0.1, 0.15) is 43.2 Å². The van der Waals surface area contributed by atoms with Crippen molar-refractivity contribution in [2.45, 2.75) is 45.1 Å². The molecule has 1 amide bonds. The van der Waals surface area contributed by atoms with Gasteiger partial charge in [0.25, 0.3) is 0 Å². The quantitative estimate of drug-likeness (QED) is 0.850. The van der Waals surface area contributed by atoms with E-state index in [-0.39, 0.29) is 0 Å². The highest BCUT2D eigenvalue weighted by Crippen LogP contribution is 2.49. The van der Waals surface area contributed by atoms with Gasteiger partial charge in [0.1, 0.15) is 0 Å². The zero-order chi connectivity index (χ0) is 16.7. The number of rotatable bonds is 4. The fourth-order valence-corrected chi connectivity index (χ4v) is 5.08. The monoisotopic (exact) mass is 329 g/mol. The Labute approximate surface area is 144 Å². The number of hydrogen-bond donors (Lipinski definition) is 0. The van der Waals surface area contributed by atoms with Crippen molar-refractivity contribution >= 4 is 5.91 Å². The highest BCUT2D eigenvalue weighted by atomic mass is 16.5. The van der Waals surface area contributed by atoms with Crippen molar-refractivity contribution in [2.75, 3.05) is 20.8 Å². The first-order chi connectivity index (χ1) is 11.7. The molecule has 0 N–H and O–H groups in total. The summed E-state index contributed by atoms with van der Waals surface area (Å²) in [6.07, 6.45) is 7.06. The fraction of sp³-hybridized carbons (Fsp3) is 0.650. The lowest BCUT2D eigenvalue weighted by atomic mass is 9.86. The van der Waals surface area contributed by atoms with E-state index in [1.165, 1.54) is 36.8 Å². The Bertz CT molecular complexity index is 642. The standard InChI is InChI=1S/C20H27NO3/c1-23-18-9-15-5-6-21(12-17(15)10-19(18)24-2)20(22)11-16-8-13-3-4-14(16)7-13/h9-10,13-14,16H,3-8,11-12H2,1-2H3/t13-,14+,16-/m0/s1. The first-order valence-electron chi connectivity index (χ1n) is 9.19. The van der Waals surface area contributed by atoms with Crippen LogP contribution in [0.3, 0.4) is 0 Å². The van der Waals surface area contributed by atoms with Crippen LogP contribution in [0, 0.1) is 17.8 Å². The SMILES string of the molecule is COc1cc2c(cc1OC)CN(C(=O)C[C@@H]1C[C@H]3CC[C@@H]1C3)CC2. The van der Waals surface area contributed by atoms with E-state index >= 15 is 0 Å². The van der Waals surface area contributed by atoms with Gasteiger partial charge in [-0.3, -0.25) is 4.79 Å². The van der Waals surface area contributed by atoms with E-state index in [0.717, 1.165) is 42.7 Å². The lowest BCUT2D eigenvalue weighted by Gasteiger charge is -2.31. The molecular formula is C20H27NO3. The number of fused-ring (bicyclic) bond motifs is 3. The molecule has 24 heavy (non-hydrogen) atoms. The molecule has 2 fully saturated rings. The number of nitrogens with zero attached hydrogens (tertiary/aromatic N) is 1. The Balaban J connectivity index is 1.44. The van der Waals surface area contributed by atoms with Crippen LogP contribution in [0.15, 0.2) is 12.1 Å². The summed E-state index contributed by atoms with van der Waals surface area (Å²) in [4.78, 5) is 14.8. The van der Waals surface area contributed by atoms with Crippen LogP contribution in [-0.2, 0) is 17.8 Å². The van der Waals surface area contributed by atoms with Crippen LogP contribution >= 0.6 is 0 Å². The first-order valence-corrected chi connectivity index (χ1v) is 9.19. The topological polar surface area (TPSA) is 38.8 Å². The van der Waals surface area contributed by atoms with E-state index < -0.39 is 0 Å². The van der Waals surface area contributed by atoms with Crippen molar-refractivity contribution in [3.63, 3.8) is 0 Å². The van der Waals surface area contributed by atoms with Gasteiger partial charge in [-0.2, -0.15) is 0 Å². The third-order valence-corrected chi connectivity index (χ3v) is 6.39. The summed E-state index contributed by atoms with van der Waals surface area (Å²) in [6, 6.07) is 4.09. The number of hydrogen-bond acceptors (Lipinski definition) is 3. The van der Waals surface area contributed by atoms with Gasteiger partial charge in [-0.15, -0.1) is 0 Å². The Kier molecular flexibility index (Phi) is 4.15. The number of methoxy groups -OCH3 is 2. The molecule has 130 valence electrons. The minimum atomic E-state index is 0.341. The molecule has 0 spiro atoms. The number of amides is 1. The Morgan fingerprint density at radius 3 is 2.50 bits per heavy atom. The highest BCUT2D eigenvalue weighted by Gasteiger charge is 2.40. The summed E-state index contributed by atoms with van der Waals surface area (Å²) in [7, 11) is 3.32. The number of carbonyl (C=O) groups excluding carboxylic acids is 1. The Hall–Kier alpha value is -1.71. The third-order valence-electron chi connectivity index (χ3n) is 6.39. The average molecular weight is 329 g/mol. The van der Waals surface area contributed by atoms with Gasteiger partial charge in [0.2, 0.25) is 5.91 Å². The predicted octanol–water partition coefficient (Wildman–Crippen LogP) is 3.41.